The molecular weight excluding hydrogens is 222 g/mol. The van der Waals surface area contributed by atoms with Crippen molar-refractivity contribution in [2.45, 2.75) is 66.0 Å². The molecule has 18 heavy (non-hydrogen) atoms. The first-order valence-electron chi connectivity index (χ1n) is 7.02. The molecule has 0 radical (unpaired) electrons. The van der Waals surface area contributed by atoms with E-state index in [1.165, 1.54) is 24.8 Å². The summed E-state index contributed by atoms with van der Waals surface area (Å²) in [5.74, 6) is 0. The number of aromatic amines is 1. The van der Waals surface area contributed by atoms with E-state index in [2.05, 4.69) is 50.1 Å². The summed E-state index contributed by atoms with van der Waals surface area (Å²) in [7, 11) is 0. The smallest absolute Gasteiger partial charge is 0.0534 e. The highest BCUT2D eigenvalue weighted by atomic mass is 15.1. The van der Waals surface area contributed by atoms with Crippen LogP contribution in [0.5, 0.6) is 0 Å². The molecule has 0 aromatic carbocycles. The van der Waals surface area contributed by atoms with Crippen molar-refractivity contribution in [3.8, 4) is 0 Å². The topological polar surface area (TPSA) is 40.7 Å². The van der Waals surface area contributed by atoms with Gasteiger partial charge in [0.1, 0.15) is 0 Å². The Labute approximate surface area is 111 Å². The molecule has 1 saturated carbocycles. The molecule has 1 heterocycles. The summed E-state index contributed by atoms with van der Waals surface area (Å²) < 4.78 is 0. The Morgan fingerprint density at radius 1 is 1.28 bits per heavy atom. The quantitative estimate of drug-likeness (QED) is 0.858. The number of nitrogens with zero attached hydrogens (tertiary/aromatic N) is 1. The van der Waals surface area contributed by atoms with Crippen molar-refractivity contribution >= 4 is 0 Å². The van der Waals surface area contributed by atoms with Crippen LogP contribution in [-0.4, -0.2) is 16.2 Å². The predicted octanol–water partition coefficient (Wildman–Crippen LogP) is 3.67. The van der Waals surface area contributed by atoms with Crippen LogP contribution in [0.3, 0.4) is 0 Å². The Kier molecular flexibility index (Phi) is 3.54. The van der Waals surface area contributed by atoms with E-state index in [1.807, 2.05) is 12.4 Å². The van der Waals surface area contributed by atoms with Gasteiger partial charge in [0.15, 0.2) is 0 Å². The van der Waals surface area contributed by atoms with Crippen LogP contribution in [0.4, 0.5) is 0 Å². The zero-order valence-electron chi connectivity index (χ0n) is 12.4. The number of rotatable bonds is 3. The maximum absolute atomic E-state index is 4.03. The highest BCUT2D eigenvalue weighted by Gasteiger charge is 2.38. The van der Waals surface area contributed by atoms with Crippen LogP contribution in [-0.2, 0) is 0 Å². The highest BCUT2D eigenvalue weighted by molar-refractivity contribution is 5.09. The van der Waals surface area contributed by atoms with Gasteiger partial charge in [0.25, 0.3) is 0 Å². The fourth-order valence-corrected chi connectivity index (χ4v) is 3.91. The van der Waals surface area contributed by atoms with Gasteiger partial charge < -0.3 is 5.32 Å². The van der Waals surface area contributed by atoms with Crippen LogP contribution in [0, 0.1) is 10.8 Å². The van der Waals surface area contributed by atoms with Gasteiger partial charge in [-0.05, 0) is 37.0 Å². The summed E-state index contributed by atoms with van der Waals surface area (Å²) in [6.45, 7) is 11.8. The molecule has 1 aromatic rings. The number of H-pyrrole nitrogens is 1. The van der Waals surface area contributed by atoms with Crippen molar-refractivity contribution in [3.05, 3.63) is 18.0 Å². The van der Waals surface area contributed by atoms with E-state index in [4.69, 9.17) is 0 Å². The van der Waals surface area contributed by atoms with Gasteiger partial charge in [-0.25, -0.2) is 0 Å². The van der Waals surface area contributed by atoms with Crippen LogP contribution in [0.1, 0.15) is 65.5 Å². The van der Waals surface area contributed by atoms with Gasteiger partial charge in [-0.15, -0.1) is 0 Å². The molecule has 0 aliphatic heterocycles. The summed E-state index contributed by atoms with van der Waals surface area (Å²) in [6.07, 6.45) is 7.74. The third-order valence-corrected chi connectivity index (χ3v) is 4.06. The molecule has 2 N–H and O–H groups in total. The first-order valence-corrected chi connectivity index (χ1v) is 7.02. The Balaban J connectivity index is 2.01. The van der Waals surface area contributed by atoms with Gasteiger partial charge in [-0.3, -0.25) is 5.10 Å². The lowest BCUT2D eigenvalue weighted by atomic mass is 9.63. The Bertz CT molecular complexity index is 362. The first kappa shape index (κ1) is 13.6. The van der Waals surface area contributed by atoms with Gasteiger partial charge in [0.05, 0.1) is 6.20 Å². The fraction of sp³-hybridized carbons (Fsp3) is 0.800. The lowest BCUT2D eigenvalue weighted by molar-refractivity contribution is 0.0811. The van der Waals surface area contributed by atoms with E-state index in [0.717, 1.165) is 0 Å². The molecule has 0 saturated heterocycles. The van der Waals surface area contributed by atoms with Crippen LogP contribution in [0.25, 0.3) is 0 Å². The number of aromatic nitrogens is 2. The molecule has 1 fully saturated rings. The minimum absolute atomic E-state index is 0.374. The lowest BCUT2D eigenvalue weighted by Gasteiger charge is -2.46. The summed E-state index contributed by atoms with van der Waals surface area (Å²) >= 11 is 0. The monoisotopic (exact) mass is 249 g/mol. The van der Waals surface area contributed by atoms with Gasteiger partial charge in [0.2, 0.25) is 0 Å². The molecule has 0 spiro atoms. The van der Waals surface area contributed by atoms with Crippen LogP contribution < -0.4 is 5.32 Å². The van der Waals surface area contributed by atoms with Crippen molar-refractivity contribution in [3.63, 3.8) is 0 Å². The fourth-order valence-electron chi connectivity index (χ4n) is 3.91. The zero-order chi connectivity index (χ0) is 13.4. The van der Waals surface area contributed by atoms with E-state index in [0.29, 0.717) is 22.9 Å². The van der Waals surface area contributed by atoms with Crippen LogP contribution in [0.2, 0.25) is 0 Å². The van der Waals surface area contributed by atoms with E-state index in [-0.39, 0.29) is 0 Å². The molecule has 1 aromatic heterocycles. The zero-order valence-corrected chi connectivity index (χ0v) is 12.4. The number of nitrogens with one attached hydrogen (secondary N) is 2. The third kappa shape index (κ3) is 3.35. The van der Waals surface area contributed by atoms with E-state index in [1.54, 1.807) is 0 Å². The normalized spacial score (nSPS) is 24.9. The second kappa shape index (κ2) is 4.69. The van der Waals surface area contributed by atoms with Crippen molar-refractivity contribution < 1.29 is 0 Å². The molecule has 1 unspecified atom stereocenters. The molecule has 3 heteroatoms. The van der Waals surface area contributed by atoms with Gasteiger partial charge in [-0.1, -0.05) is 27.7 Å². The van der Waals surface area contributed by atoms with Gasteiger partial charge >= 0.3 is 0 Å². The van der Waals surface area contributed by atoms with Crippen molar-refractivity contribution in [1.82, 2.24) is 15.5 Å². The van der Waals surface area contributed by atoms with Crippen molar-refractivity contribution in [2.24, 2.45) is 10.8 Å². The largest absolute Gasteiger partial charge is 0.307 e. The summed E-state index contributed by atoms with van der Waals surface area (Å²) in [4.78, 5) is 0. The standard InChI is InChI=1S/C15H27N3/c1-11(12-8-16-17-9-12)18-13-6-14(2,3)10-15(4,5)7-13/h8-9,11,13,18H,6-7,10H2,1-5H3,(H,16,17). The van der Waals surface area contributed by atoms with E-state index in [9.17, 15) is 0 Å². The SMILES string of the molecule is CC(NC1CC(C)(C)CC(C)(C)C1)c1cn[nH]c1. The van der Waals surface area contributed by atoms with E-state index < -0.39 is 0 Å². The average molecular weight is 249 g/mol. The maximum atomic E-state index is 4.03. The molecule has 1 aliphatic rings. The third-order valence-electron chi connectivity index (χ3n) is 4.06. The minimum Gasteiger partial charge on any atom is -0.307 e. The van der Waals surface area contributed by atoms with Crippen molar-refractivity contribution in [2.75, 3.05) is 0 Å². The second-order valence-corrected chi connectivity index (χ2v) is 7.53. The minimum atomic E-state index is 0.374. The maximum Gasteiger partial charge on any atom is 0.0534 e. The van der Waals surface area contributed by atoms with Gasteiger partial charge in [0, 0.05) is 23.8 Å². The van der Waals surface area contributed by atoms with Crippen LogP contribution in [0.15, 0.2) is 12.4 Å². The second-order valence-electron chi connectivity index (χ2n) is 7.53. The van der Waals surface area contributed by atoms with Gasteiger partial charge in [-0.2, -0.15) is 5.10 Å². The summed E-state index contributed by atoms with van der Waals surface area (Å²) in [5.41, 5.74) is 2.13. The number of hydrogen-bond acceptors (Lipinski definition) is 2. The summed E-state index contributed by atoms with van der Waals surface area (Å²) in [5, 5.41) is 10.7. The molecule has 1 aliphatic carbocycles. The van der Waals surface area contributed by atoms with Crippen molar-refractivity contribution in [1.29, 1.82) is 0 Å². The molecule has 102 valence electrons. The molecule has 1 atom stereocenters. The number of hydrogen-bond donors (Lipinski definition) is 2. The summed E-state index contributed by atoms with van der Waals surface area (Å²) in [6, 6.07) is 0.979. The molecule has 3 nitrogen and oxygen atoms in total. The Morgan fingerprint density at radius 2 is 1.89 bits per heavy atom. The predicted molar refractivity (Wildman–Crippen MR) is 75.3 cm³/mol. The molecule has 0 amide bonds. The lowest BCUT2D eigenvalue weighted by Crippen LogP contribution is -2.44. The molecule has 0 bridgehead atoms. The van der Waals surface area contributed by atoms with E-state index >= 15 is 0 Å². The average Bonchev–Trinajstić information content (AvgIpc) is 2.63. The Hall–Kier alpha value is -0.830. The Morgan fingerprint density at radius 3 is 2.39 bits per heavy atom. The van der Waals surface area contributed by atoms with Crippen LogP contribution >= 0.6 is 0 Å². The molecular formula is C15H27N3. The molecule has 2 rings (SSSR count). The first-order chi connectivity index (χ1) is 8.27. The highest BCUT2D eigenvalue weighted by Crippen LogP contribution is 2.46.